The zero-order valence-electron chi connectivity index (χ0n) is 12.3. The van der Waals surface area contributed by atoms with E-state index in [0.717, 1.165) is 24.3 Å². The first-order chi connectivity index (χ1) is 11.0. The van der Waals surface area contributed by atoms with Crippen molar-refractivity contribution in [1.82, 2.24) is 10.0 Å². The highest BCUT2D eigenvalue weighted by atomic mass is 32.2. The van der Waals surface area contributed by atoms with Gasteiger partial charge < -0.3 is 10.1 Å². The normalized spacial score (nSPS) is 21.2. The molecule has 0 radical (unpaired) electrons. The fourth-order valence-electron chi connectivity index (χ4n) is 2.20. The molecule has 1 heterocycles. The smallest absolute Gasteiger partial charge is 0.406 e. The Kier molecular flexibility index (Phi) is 4.74. The molecule has 7 nitrogen and oxygen atoms in total. The van der Waals surface area contributed by atoms with E-state index in [1.807, 2.05) is 0 Å². The second kappa shape index (κ2) is 6.30. The minimum Gasteiger partial charge on any atom is -0.406 e. The lowest BCUT2D eigenvalue weighted by Crippen LogP contribution is -2.40. The van der Waals surface area contributed by atoms with Gasteiger partial charge in [0.15, 0.2) is 0 Å². The molecule has 1 saturated heterocycles. The third-order valence-electron chi connectivity index (χ3n) is 3.33. The molecule has 1 aliphatic rings. The third-order valence-corrected chi connectivity index (χ3v) is 4.70. The number of hydrogen-bond acceptors (Lipinski definition) is 5. The summed E-state index contributed by atoms with van der Waals surface area (Å²) in [6, 6.07) is 3.32. The van der Waals surface area contributed by atoms with E-state index in [2.05, 4.69) is 10.1 Å². The lowest BCUT2D eigenvalue weighted by atomic mass is 9.97. The number of rotatable bonds is 4. The van der Waals surface area contributed by atoms with E-state index in [1.54, 1.807) is 11.6 Å². The minimum absolute atomic E-state index is 0.250. The van der Waals surface area contributed by atoms with Crippen molar-refractivity contribution in [2.45, 2.75) is 18.2 Å². The van der Waals surface area contributed by atoms with Crippen LogP contribution in [-0.2, 0) is 19.6 Å². The van der Waals surface area contributed by atoms with Crippen LogP contribution >= 0.6 is 0 Å². The van der Waals surface area contributed by atoms with Gasteiger partial charge in [0.1, 0.15) is 11.7 Å². The average molecular weight is 366 g/mol. The predicted molar refractivity (Wildman–Crippen MR) is 74.1 cm³/mol. The Morgan fingerprint density at radius 2 is 1.88 bits per heavy atom. The van der Waals surface area contributed by atoms with Gasteiger partial charge in [-0.15, -0.1) is 13.2 Å². The van der Waals surface area contributed by atoms with Crippen molar-refractivity contribution in [3.05, 3.63) is 24.3 Å². The summed E-state index contributed by atoms with van der Waals surface area (Å²) in [5.74, 6) is -3.70. The van der Waals surface area contributed by atoms with Crippen molar-refractivity contribution in [2.24, 2.45) is 11.8 Å². The third kappa shape index (κ3) is 4.16. The Labute approximate surface area is 135 Å². The second-order valence-electron chi connectivity index (χ2n) is 5.19. The van der Waals surface area contributed by atoms with E-state index in [0.29, 0.717) is 0 Å². The second-order valence-corrected chi connectivity index (χ2v) is 6.87. The standard InChI is InChI=1S/C13H13F3N2O5S/c1-7-6-17-11(19)10(7)12(20)18-24(21,22)9-4-2-8(3-5-9)23-13(14,15)16/h2-5,7,10H,6H2,1H3,(H,17,19)(H,18,20). The Morgan fingerprint density at radius 3 is 2.33 bits per heavy atom. The van der Waals surface area contributed by atoms with E-state index in [1.165, 1.54) is 0 Å². The minimum atomic E-state index is -4.90. The van der Waals surface area contributed by atoms with Gasteiger partial charge in [-0.25, -0.2) is 13.1 Å². The van der Waals surface area contributed by atoms with Gasteiger partial charge in [-0.2, -0.15) is 0 Å². The Morgan fingerprint density at radius 1 is 1.29 bits per heavy atom. The first kappa shape index (κ1) is 18.0. The van der Waals surface area contributed by atoms with Crippen molar-refractivity contribution in [3.63, 3.8) is 0 Å². The van der Waals surface area contributed by atoms with Crippen molar-refractivity contribution in [3.8, 4) is 5.75 Å². The molecule has 1 aromatic rings. The molecule has 1 aliphatic heterocycles. The number of nitrogens with one attached hydrogen (secondary N) is 2. The summed E-state index contributed by atoms with van der Waals surface area (Å²) in [4.78, 5) is 23.1. The van der Waals surface area contributed by atoms with Crippen LogP contribution in [-0.4, -0.2) is 33.1 Å². The lowest BCUT2D eigenvalue weighted by molar-refractivity contribution is -0.274. The van der Waals surface area contributed by atoms with E-state index < -0.39 is 44.8 Å². The van der Waals surface area contributed by atoms with Gasteiger partial charge in [0.2, 0.25) is 11.8 Å². The van der Waals surface area contributed by atoms with Crippen molar-refractivity contribution in [1.29, 1.82) is 0 Å². The number of benzene rings is 1. The molecule has 2 N–H and O–H groups in total. The Balaban J connectivity index is 2.13. The Bertz CT molecular complexity index is 746. The van der Waals surface area contributed by atoms with Gasteiger partial charge in [-0.1, -0.05) is 6.92 Å². The summed E-state index contributed by atoms with van der Waals surface area (Å²) in [7, 11) is -4.32. The Hall–Kier alpha value is -2.30. The fraction of sp³-hybridized carbons (Fsp3) is 0.385. The summed E-state index contributed by atoms with van der Waals surface area (Å²) in [5.41, 5.74) is 0. The zero-order chi connectivity index (χ0) is 18.1. The molecule has 2 amide bonds. The van der Waals surface area contributed by atoms with E-state index in [-0.39, 0.29) is 12.5 Å². The lowest BCUT2D eigenvalue weighted by Gasteiger charge is -2.13. The van der Waals surface area contributed by atoms with Crippen molar-refractivity contribution in [2.75, 3.05) is 6.54 Å². The summed E-state index contributed by atoms with van der Waals surface area (Å²) < 4.78 is 65.7. The molecule has 1 aromatic carbocycles. The van der Waals surface area contributed by atoms with Crippen LogP contribution in [0.1, 0.15) is 6.92 Å². The maximum Gasteiger partial charge on any atom is 0.573 e. The first-order valence-corrected chi connectivity index (χ1v) is 8.18. The zero-order valence-corrected chi connectivity index (χ0v) is 13.1. The van der Waals surface area contributed by atoms with Crippen LogP contribution in [0.4, 0.5) is 13.2 Å². The highest BCUT2D eigenvalue weighted by Crippen LogP contribution is 2.24. The maximum atomic E-state index is 12.1. The van der Waals surface area contributed by atoms with Crippen molar-refractivity contribution >= 4 is 21.8 Å². The first-order valence-electron chi connectivity index (χ1n) is 6.70. The number of carbonyl (C=O) groups is 2. The summed E-state index contributed by atoms with van der Waals surface area (Å²) in [6.07, 6.45) is -4.90. The molecule has 0 aliphatic carbocycles. The molecule has 0 saturated carbocycles. The highest BCUT2D eigenvalue weighted by molar-refractivity contribution is 7.90. The molecule has 2 atom stereocenters. The van der Waals surface area contributed by atoms with Crippen LogP contribution in [0.2, 0.25) is 0 Å². The van der Waals surface area contributed by atoms with Gasteiger partial charge in [0.25, 0.3) is 10.0 Å². The molecule has 11 heteroatoms. The van der Waals surface area contributed by atoms with Gasteiger partial charge in [0, 0.05) is 6.54 Å². The monoisotopic (exact) mass is 366 g/mol. The number of ether oxygens (including phenoxy) is 1. The average Bonchev–Trinajstić information content (AvgIpc) is 2.76. The number of sulfonamides is 1. The fourth-order valence-corrected chi connectivity index (χ4v) is 3.20. The number of amides is 2. The topological polar surface area (TPSA) is 102 Å². The van der Waals surface area contributed by atoms with Crippen LogP contribution in [0.3, 0.4) is 0 Å². The number of carbonyl (C=O) groups excluding carboxylic acids is 2. The molecule has 2 unspecified atom stereocenters. The molecule has 1 fully saturated rings. The molecule has 24 heavy (non-hydrogen) atoms. The number of halogens is 3. The van der Waals surface area contributed by atoms with Gasteiger partial charge in [0.05, 0.1) is 4.90 Å². The molecular formula is C13H13F3N2O5S. The van der Waals surface area contributed by atoms with E-state index in [4.69, 9.17) is 0 Å². The van der Waals surface area contributed by atoms with Crippen LogP contribution in [0.25, 0.3) is 0 Å². The van der Waals surface area contributed by atoms with Crippen LogP contribution in [0.5, 0.6) is 5.75 Å². The molecule has 0 bridgehead atoms. The van der Waals surface area contributed by atoms with Crippen LogP contribution in [0, 0.1) is 11.8 Å². The van der Waals surface area contributed by atoms with Crippen LogP contribution < -0.4 is 14.8 Å². The predicted octanol–water partition coefficient (Wildman–Crippen LogP) is 0.772. The SMILES string of the molecule is CC1CNC(=O)C1C(=O)NS(=O)(=O)c1ccc(OC(F)(F)F)cc1. The van der Waals surface area contributed by atoms with Gasteiger partial charge in [-0.05, 0) is 30.2 Å². The van der Waals surface area contributed by atoms with Gasteiger partial charge in [-0.3, -0.25) is 9.59 Å². The summed E-state index contributed by atoms with van der Waals surface area (Å²) in [5, 5.41) is 2.44. The van der Waals surface area contributed by atoms with Crippen LogP contribution in [0.15, 0.2) is 29.2 Å². The summed E-state index contributed by atoms with van der Waals surface area (Å²) >= 11 is 0. The number of hydrogen-bond donors (Lipinski definition) is 2. The largest absolute Gasteiger partial charge is 0.573 e. The molecule has 0 spiro atoms. The van der Waals surface area contributed by atoms with E-state index >= 15 is 0 Å². The number of alkyl halides is 3. The van der Waals surface area contributed by atoms with E-state index in [9.17, 15) is 31.2 Å². The maximum absolute atomic E-state index is 12.1. The molecular weight excluding hydrogens is 353 g/mol. The molecule has 2 rings (SSSR count). The summed E-state index contributed by atoms with van der Waals surface area (Å²) in [6.45, 7) is 1.86. The molecule has 0 aromatic heterocycles. The highest BCUT2D eigenvalue weighted by Gasteiger charge is 2.39. The van der Waals surface area contributed by atoms with Gasteiger partial charge >= 0.3 is 6.36 Å². The quantitative estimate of drug-likeness (QED) is 0.767. The van der Waals surface area contributed by atoms with Crippen molar-refractivity contribution < 1.29 is 35.9 Å². The molecule has 132 valence electrons.